The number of carbonyl (C=O) groups is 2. The Kier molecular flexibility index (Phi) is 4.12. The zero-order valence-electron chi connectivity index (χ0n) is 11.8. The normalized spacial score (nSPS) is 18.8. The molecule has 108 valence electrons. The van der Waals surface area contributed by atoms with Crippen molar-refractivity contribution in [2.24, 2.45) is 0 Å². The van der Waals surface area contributed by atoms with E-state index >= 15 is 0 Å². The topological polar surface area (TPSA) is 87.5 Å². The third-order valence-electron chi connectivity index (χ3n) is 3.53. The summed E-state index contributed by atoms with van der Waals surface area (Å²) in [6.07, 6.45) is 1.34. The number of hydrogen-bond acceptors (Lipinski definition) is 4. The van der Waals surface area contributed by atoms with Crippen LogP contribution in [0.15, 0.2) is 18.2 Å². The number of hydrogen-bond donors (Lipinski definition) is 3. The van der Waals surface area contributed by atoms with E-state index in [0.717, 1.165) is 12.1 Å². The molecule has 0 saturated carbocycles. The van der Waals surface area contributed by atoms with Crippen LogP contribution in [0.3, 0.4) is 0 Å². The van der Waals surface area contributed by atoms with Crippen LogP contribution in [0.5, 0.6) is 0 Å². The molecule has 1 aliphatic heterocycles. The summed E-state index contributed by atoms with van der Waals surface area (Å²) in [5.74, 6) is 0.0113. The van der Waals surface area contributed by atoms with Crippen LogP contribution in [0, 0.1) is 0 Å². The first-order valence-corrected chi connectivity index (χ1v) is 6.63. The number of nitrogens with two attached hydrogens (primary N) is 1. The molecular formula is C14H20N4O2. The molecule has 1 aliphatic rings. The molecular weight excluding hydrogens is 256 g/mol. The smallest absolute Gasteiger partial charge is 0.251 e. The first-order chi connectivity index (χ1) is 9.51. The highest BCUT2D eigenvalue weighted by atomic mass is 16.2. The van der Waals surface area contributed by atoms with Gasteiger partial charge in [-0.05, 0) is 24.6 Å². The predicted octanol–water partition coefficient (Wildman–Crippen LogP) is 0.661. The number of likely N-dealkylation sites (tertiary alicyclic amines) is 1. The van der Waals surface area contributed by atoms with Gasteiger partial charge in [-0.3, -0.25) is 9.59 Å². The van der Waals surface area contributed by atoms with E-state index in [1.54, 1.807) is 37.2 Å². The summed E-state index contributed by atoms with van der Waals surface area (Å²) in [4.78, 5) is 24.7. The Morgan fingerprint density at radius 3 is 2.80 bits per heavy atom. The third-order valence-corrected chi connectivity index (χ3v) is 3.53. The first-order valence-electron chi connectivity index (χ1n) is 6.63. The summed E-state index contributed by atoms with van der Waals surface area (Å²) < 4.78 is 0. The number of nitrogen functional groups attached to an aromatic ring is 1. The Morgan fingerprint density at radius 2 is 2.20 bits per heavy atom. The second-order valence-corrected chi connectivity index (χ2v) is 5.04. The number of amides is 2. The summed E-state index contributed by atoms with van der Waals surface area (Å²) in [6, 6.07) is 5.37. The Balaban J connectivity index is 2.07. The van der Waals surface area contributed by atoms with Gasteiger partial charge in [0.15, 0.2) is 0 Å². The van der Waals surface area contributed by atoms with Crippen molar-refractivity contribution in [2.45, 2.75) is 18.9 Å². The van der Waals surface area contributed by atoms with Gasteiger partial charge in [0.1, 0.15) is 0 Å². The minimum atomic E-state index is -0.161. The van der Waals surface area contributed by atoms with E-state index in [1.807, 2.05) is 0 Å². The fraction of sp³-hybridized carbons (Fsp3) is 0.429. The van der Waals surface area contributed by atoms with Gasteiger partial charge in [0.05, 0.1) is 11.4 Å². The average Bonchev–Trinajstić information content (AvgIpc) is 2.44. The highest BCUT2D eigenvalue weighted by Gasteiger charge is 2.23. The molecule has 2 amide bonds. The quantitative estimate of drug-likeness (QED) is 0.708. The number of carbonyl (C=O) groups excluding carboxylic acids is 2. The summed E-state index contributed by atoms with van der Waals surface area (Å²) in [5.41, 5.74) is 7.83. The van der Waals surface area contributed by atoms with Crippen LogP contribution in [0.25, 0.3) is 0 Å². The van der Waals surface area contributed by atoms with Gasteiger partial charge in [-0.15, -0.1) is 0 Å². The molecule has 1 saturated heterocycles. The van der Waals surface area contributed by atoms with E-state index in [9.17, 15) is 9.59 Å². The van der Waals surface area contributed by atoms with E-state index in [4.69, 9.17) is 5.73 Å². The van der Waals surface area contributed by atoms with Gasteiger partial charge in [0.2, 0.25) is 5.91 Å². The minimum absolute atomic E-state index is 0.161. The lowest BCUT2D eigenvalue weighted by molar-refractivity contribution is -0.132. The van der Waals surface area contributed by atoms with Gasteiger partial charge < -0.3 is 21.3 Å². The SMILES string of the molecule is CNC(=O)c1ccc(NC2CCC(=O)N(C)C2)c(N)c1. The van der Waals surface area contributed by atoms with Gasteiger partial charge in [-0.25, -0.2) is 0 Å². The lowest BCUT2D eigenvalue weighted by Gasteiger charge is -2.31. The van der Waals surface area contributed by atoms with E-state index in [-0.39, 0.29) is 17.9 Å². The second-order valence-electron chi connectivity index (χ2n) is 5.04. The van der Waals surface area contributed by atoms with Crippen molar-refractivity contribution in [2.75, 3.05) is 31.7 Å². The van der Waals surface area contributed by atoms with Gasteiger partial charge in [0, 0.05) is 38.7 Å². The van der Waals surface area contributed by atoms with Crippen molar-refractivity contribution in [1.29, 1.82) is 0 Å². The molecule has 1 fully saturated rings. The summed E-state index contributed by atoms with van der Waals surface area (Å²) in [7, 11) is 3.38. The van der Waals surface area contributed by atoms with E-state index < -0.39 is 0 Å². The average molecular weight is 276 g/mol. The highest BCUT2D eigenvalue weighted by Crippen LogP contribution is 2.23. The first kappa shape index (κ1) is 14.2. The van der Waals surface area contributed by atoms with Crippen molar-refractivity contribution in [3.8, 4) is 0 Å². The number of rotatable bonds is 3. The van der Waals surface area contributed by atoms with Gasteiger partial charge >= 0.3 is 0 Å². The molecule has 4 N–H and O–H groups in total. The van der Waals surface area contributed by atoms with Crippen LogP contribution in [0.4, 0.5) is 11.4 Å². The number of benzene rings is 1. The molecule has 0 bridgehead atoms. The molecule has 6 heteroatoms. The predicted molar refractivity (Wildman–Crippen MR) is 78.5 cm³/mol. The number of anilines is 2. The van der Waals surface area contributed by atoms with Gasteiger partial charge in [-0.2, -0.15) is 0 Å². The van der Waals surface area contributed by atoms with Crippen LogP contribution < -0.4 is 16.4 Å². The fourth-order valence-electron chi connectivity index (χ4n) is 2.33. The maximum atomic E-state index is 11.5. The molecule has 1 aromatic rings. The summed E-state index contributed by atoms with van der Waals surface area (Å²) in [5, 5.41) is 5.89. The Morgan fingerprint density at radius 1 is 1.45 bits per heavy atom. The molecule has 0 aliphatic carbocycles. The maximum absolute atomic E-state index is 11.5. The van der Waals surface area contributed by atoms with Crippen LogP contribution >= 0.6 is 0 Å². The Labute approximate surface area is 118 Å². The Hall–Kier alpha value is -2.24. The van der Waals surface area contributed by atoms with E-state index in [0.29, 0.717) is 24.2 Å². The van der Waals surface area contributed by atoms with Gasteiger partial charge in [0.25, 0.3) is 5.91 Å². The number of nitrogens with one attached hydrogen (secondary N) is 2. The van der Waals surface area contributed by atoms with E-state index in [1.165, 1.54) is 0 Å². The molecule has 20 heavy (non-hydrogen) atoms. The molecule has 1 heterocycles. The van der Waals surface area contributed by atoms with Crippen LogP contribution in [-0.2, 0) is 4.79 Å². The van der Waals surface area contributed by atoms with Crippen molar-refractivity contribution in [3.05, 3.63) is 23.8 Å². The molecule has 1 unspecified atom stereocenters. The molecule has 6 nitrogen and oxygen atoms in total. The summed E-state index contributed by atoms with van der Waals surface area (Å²) >= 11 is 0. The van der Waals surface area contributed by atoms with Crippen LogP contribution in [0.2, 0.25) is 0 Å². The summed E-state index contributed by atoms with van der Waals surface area (Å²) in [6.45, 7) is 0.662. The largest absolute Gasteiger partial charge is 0.397 e. The standard InChI is InChI=1S/C14H20N4O2/c1-16-14(20)9-3-5-12(11(15)7-9)17-10-4-6-13(19)18(2)8-10/h3,5,7,10,17H,4,6,8,15H2,1-2H3,(H,16,20). The highest BCUT2D eigenvalue weighted by molar-refractivity contribution is 5.95. The molecule has 1 aromatic carbocycles. The number of nitrogens with zero attached hydrogens (tertiary/aromatic N) is 1. The van der Waals surface area contributed by atoms with Crippen LogP contribution in [-0.4, -0.2) is 43.4 Å². The zero-order valence-corrected chi connectivity index (χ0v) is 11.8. The molecule has 0 aromatic heterocycles. The second kappa shape index (κ2) is 5.81. The Bertz CT molecular complexity index is 530. The lowest BCUT2D eigenvalue weighted by Crippen LogP contribution is -2.43. The lowest BCUT2D eigenvalue weighted by atomic mass is 10.0. The molecule has 0 radical (unpaired) electrons. The van der Waals surface area contributed by atoms with Crippen LogP contribution in [0.1, 0.15) is 23.2 Å². The van der Waals surface area contributed by atoms with Crippen molar-refractivity contribution in [3.63, 3.8) is 0 Å². The van der Waals surface area contributed by atoms with Crippen molar-refractivity contribution in [1.82, 2.24) is 10.2 Å². The number of piperidine rings is 1. The fourth-order valence-corrected chi connectivity index (χ4v) is 2.33. The van der Waals surface area contributed by atoms with Gasteiger partial charge in [-0.1, -0.05) is 0 Å². The third kappa shape index (κ3) is 3.01. The molecule has 0 spiro atoms. The van der Waals surface area contributed by atoms with Crippen molar-refractivity contribution < 1.29 is 9.59 Å². The molecule has 2 rings (SSSR count). The zero-order chi connectivity index (χ0) is 14.7. The monoisotopic (exact) mass is 276 g/mol. The van der Waals surface area contributed by atoms with E-state index in [2.05, 4.69) is 10.6 Å². The van der Waals surface area contributed by atoms with Crippen molar-refractivity contribution >= 4 is 23.2 Å². The molecule has 1 atom stereocenters. The number of likely N-dealkylation sites (N-methyl/N-ethyl adjacent to an activating group) is 1. The maximum Gasteiger partial charge on any atom is 0.251 e. The minimum Gasteiger partial charge on any atom is -0.397 e.